The van der Waals surface area contributed by atoms with Crippen LogP contribution < -0.4 is 10.1 Å². The van der Waals surface area contributed by atoms with Gasteiger partial charge in [-0.1, -0.05) is 83.7 Å². The number of aromatic carboxylic acids is 1. The van der Waals surface area contributed by atoms with E-state index in [2.05, 4.69) is 80.6 Å². The number of thioether (sulfide) groups is 1. The Morgan fingerprint density at radius 2 is 1.75 bits per heavy atom. The second kappa shape index (κ2) is 13.9. The van der Waals surface area contributed by atoms with E-state index in [0.29, 0.717) is 25.3 Å². The quantitative estimate of drug-likeness (QED) is 0.153. The lowest BCUT2D eigenvalue weighted by Crippen LogP contribution is -2.50. The number of ketones is 2. The van der Waals surface area contributed by atoms with Gasteiger partial charge in [0.05, 0.1) is 29.0 Å². The zero-order valence-electron chi connectivity index (χ0n) is 29.9. The summed E-state index contributed by atoms with van der Waals surface area (Å²) in [6, 6.07) is 12.5. The number of fused-ring (bicyclic) bond motifs is 1. The molecule has 0 aliphatic heterocycles. The highest BCUT2D eigenvalue weighted by molar-refractivity contribution is 8.00. The number of amides is 1. The maximum Gasteiger partial charge on any atom is 0.335 e. The van der Waals surface area contributed by atoms with E-state index >= 15 is 0 Å². The molecule has 3 aliphatic carbocycles. The summed E-state index contributed by atoms with van der Waals surface area (Å²) in [6.45, 7) is 14.1. The minimum Gasteiger partial charge on any atom is -0.493 e. The summed E-state index contributed by atoms with van der Waals surface area (Å²) in [6.07, 6.45) is 9.23. The maximum absolute atomic E-state index is 14.0. The number of benzene rings is 2. The third kappa shape index (κ3) is 6.43. The van der Waals surface area contributed by atoms with Gasteiger partial charge in [-0.3, -0.25) is 14.4 Å². The van der Waals surface area contributed by atoms with Crippen LogP contribution in [0, 0.1) is 23.2 Å². The van der Waals surface area contributed by atoms with Crippen molar-refractivity contribution in [1.29, 1.82) is 0 Å². The van der Waals surface area contributed by atoms with Crippen molar-refractivity contribution in [1.82, 2.24) is 25.5 Å². The monoisotopic (exact) mass is 711 g/mol. The van der Waals surface area contributed by atoms with Gasteiger partial charge in [-0.05, 0) is 82.5 Å². The number of ether oxygens (including phenoxy) is 1. The molecule has 268 valence electrons. The smallest absolute Gasteiger partial charge is 0.335 e. The number of carboxylic acid groups (broad SMARTS) is 1. The van der Waals surface area contributed by atoms with E-state index in [1.807, 2.05) is 6.08 Å². The van der Waals surface area contributed by atoms with E-state index in [0.717, 1.165) is 30.4 Å². The van der Waals surface area contributed by atoms with Crippen LogP contribution in [0.5, 0.6) is 5.75 Å². The van der Waals surface area contributed by atoms with Gasteiger partial charge in [-0.25, -0.2) is 4.79 Å². The first kappa shape index (κ1) is 36.2. The second-order valence-corrected chi connectivity index (χ2v) is 16.0. The number of hydrogen-bond donors (Lipinski definition) is 2. The molecule has 1 fully saturated rings. The molecule has 12 heteroatoms. The second-order valence-electron chi connectivity index (χ2n) is 14.9. The van der Waals surface area contributed by atoms with Crippen LogP contribution in [0.25, 0.3) is 5.69 Å². The fraction of sp³-hybridized carbons (Fsp3) is 0.462. The Bertz CT molecular complexity index is 1910. The van der Waals surface area contributed by atoms with E-state index in [9.17, 15) is 24.3 Å². The number of carbonyl (C=O) groups is 4. The molecule has 0 radical (unpaired) electrons. The molecule has 1 spiro atoms. The van der Waals surface area contributed by atoms with Gasteiger partial charge in [0.2, 0.25) is 11.1 Å². The van der Waals surface area contributed by atoms with Gasteiger partial charge in [0, 0.05) is 29.4 Å². The van der Waals surface area contributed by atoms with Crippen molar-refractivity contribution in [2.24, 2.45) is 23.2 Å². The lowest BCUT2D eigenvalue weighted by molar-refractivity contribution is -0.129. The summed E-state index contributed by atoms with van der Waals surface area (Å²) in [5, 5.41) is 23.8. The van der Waals surface area contributed by atoms with Crippen molar-refractivity contribution in [3.8, 4) is 11.4 Å². The van der Waals surface area contributed by atoms with Crippen LogP contribution in [0.4, 0.5) is 0 Å². The molecule has 3 aromatic rings. The first-order valence-electron chi connectivity index (χ1n) is 17.5. The van der Waals surface area contributed by atoms with E-state index in [1.165, 1.54) is 34.0 Å². The van der Waals surface area contributed by atoms with Crippen molar-refractivity contribution in [2.75, 3.05) is 13.2 Å². The molecular formula is C39H45N5O6S. The predicted molar refractivity (Wildman–Crippen MR) is 193 cm³/mol. The lowest BCUT2D eigenvalue weighted by atomic mass is 9.66. The molecule has 11 nitrogen and oxygen atoms in total. The van der Waals surface area contributed by atoms with Gasteiger partial charge in [0.15, 0.2) is 5.78 Å². The van der Waals surface area contributed by atoms with E-state index in [-0.39, 0.29) is 39.0 Å². The topological polar surface area (TPSA) is 153 Å². The number of hydrogen-bond acceptors (Lipinski definition) is 9. The van der Waals surface area contributed by atoms with E-state index in [4.69, 9.17) is 4.74 Å². The van der Waals surface area contributed by atoms with Crippen LogP contribution in [0.3, 0.4) is 0 Å². The van der Waals surface area contributed by atoms with Crippen LogP contribution in [-0.4, -0.2) is 67.2 Å². The number of nitrogens with one attached hydrogen (secondary N) is 1. The fourth-order valence-corrected chi connectivity index (χ4v) is 8.70. The Kier molecular flexibility index (Phi) is 9.84. The third-order valence-corrected chi connectivity index (χ3v) is 12.6. The Balaban J connectivity index is 1.16. The molecule has 6 rings (SSSR count). The summed E-state index contributed by atoms with van der Waals surface area (Å²) in [7, 11) is 0. The van der Waals surface area contributed by atoms with Gasteiger partial charge in [0.1, 0.15) is 11.5 Å². The third-order valence-electron chi connectivity index (χ3n) is 11.3. The predicted octanol–water partition coefficient (Wildman–Crippen LogP) is 5.91. The van der Waals surface area contributed by atoms with Gasteiger partial charge in [-0.2, -0.15) is 4.68 Å². The summed E-state index contributed by atoms with van der Waals surface area (Å²) in [5.74, 6) is -2.87. The highest BCUT2D eigenvalue weighted by Gasteiger charge is 2.68. The number of tetrazole rings is 1. The Morgan fingerprint density at radius 3 is 2.43 bits per heavy atom. The molecular weight excluding hydrogens is 667 g/mol. The normalized spacial score (nSPS) is 23.8. The minimum absolute atomic E-state index is 0.0520. The van der Waals surface area contributed by atoms with E-state index in [1.54, 1.807) is 24.3 Å². The molecule has 1 saturated carbocycles. The largest absolute Gasteiger partial charge is 0.493 e. The number of nitrogens with zero attached hydrogens (tertiary/aromatic N) is 4. The number of allylic oxidation sites excluding steroid dienone is 4. The summed E-state index contributed by atoms with van der Waals surface area (Å²) in [4.78, 5) is 52.5. The van der Waals surface area contributed by atoms with Crippen LogP contribution in [0.15, 0.2) is 71.9 Å². The molecule has 0 saturated heterocycles. The molecule has 2 N–H and O–H groups in total. The van der Waals surface area contributed by atoms with Crippen molar-refractivity contribution in [2.45, 2.75) is 82.0 Å². The van der Waals surface area contributed by atoms with Crippen LogP contribution in [0.2, 0.25) is 0 Å². The van der Waals surface area contributed by atoms with Crippen molar-refractivity contribution in [3.63, 3.8) is 0 Å². The molecule has 5 unspecified atom stereocenters. The number of Topliss-reactive ketones (excluding diaryl/α,β-unsaturated/α-hetero) is 1. The van der Waals surface area contributed by atoms with Crippen molar-refractivity contribution < 1.29 is 29.0 Å². The Labute approximate surface area is 302 Å². The summed E-state index contributed by atoms with van der Waals surface area (Å²) >= 11 is 1.11. The lowest BCUT2D eigenvalue weighted by Gasteiger charge is -2.41. The first-order valence-corrected chi connectivity index (χ1v) is 18.4. The van der Waals surface area contributed by atoms with Gasteiger partial charge >= 0.3 is 5.97 Å². The van der Waals surface area contributed by atoms with E-state index < -0.39 is 34.4 Å². The number of carbonyl (C=O) groups excluding carboxylic acids is 3. The van der Waals surface area contributed by atoms with Crippen LogP contribution in [-0.2, 0) is 25.2 Å². The first-order chi connectivity index (χ1) is 24.2. The van der Waals surface area contributed by atoms with Gasteiger partial charge in [-0.15, -0.1) is 5.10 Å². The molecule has 1 heterocycles. The van der Waals surface area contributed by atoms with Gasteiger partial charge in [0.25, 0.3) is 0 Å². The number of rotatable bonds is 14. The summed E-state index contributed by atoms with van der Waals surface area (Å²) < 4.78 is 7.74. The molecule has 1 amide bonds. The fourth-order valence-electron chi connectivity index (χ4n) is 7.40. The molecule has 2 aromatic carbocycles. The minimum atomic E-state index is -1.09. The van der Waals surface area contributed by atoms with Crippen molar-refractivity contribution in [3.05, 3.63) is 83.5 Å². The van der Waals surface area contributed by atoms with Gasteiger partial charge < -0.3 is 15.2 Å². The zero-order valence-corrected chi connectivity index (χ0v) is 30.7. The molecule has 51 heavy (non-hydrogen) atoms. The maximum atomic E-state index is 14.0. The highest BCUT2D eigenvalue weighted by Crippen LogP contribution is 2.62. The highest BCUT2D eigenvalue weighted by atomic mass is 32.2. The zero-order chi connectivity index (χ0) is 36.7. The number of carboxylic acids is 1. The standard InChI is InChI=1S/C39H45N5O6S/c1-7-37(3,4)24-12-17-30(28(22-24)38(5,6)8-2)50-21-9-20-40-34(47)31-26-18-19-39(31)27(32(26)46)15-16-29(45)33(39)51-36-41-42-43-44(36)25-13-10-23(11-14-25)35(48)49/h10-19,22,26-27,31,33H,7-9,20-21H2,1-6H3,(H,40,47)(H,48,49). The van der Waals surface area contributed by atoms with Crippen molar-refractivity contribution >= 4 is 35.2 Å². The number of aromatic nitrogens is 4. The average molecular weight is 712 g/mol. The molecule has 5 atom stereocenters. The summed E-state index contributed by atoms with van der Waals surface area (Å²) in [5.41, 5.74) is 1.96. The van der Waals surface area contributed by atoms with Crippen LogP contribution in [0.1, 0.15) is 82.3 Å². The molecule has 1 aromatic heterocycles. The molecule has 3 aliphatic rings. The SMILES string of the molecule is CCC(C)(C)c1ccc(OCCCNC(=O)C2C3C=CC24C(C=CC(=O)C4Sc2nnnn2-c2ccc(C(=O)O)cc2)C3=O)c(C(C)(C)CC)c1. The Morgan fingerprint density at radius 1 is 1.02 bits per heavy atom. The van der Waals surface area contributed by atoms with Crippen LogP contribution >= 0.6 is 11.8 Å². The Hall–Kier alpha value is -4.58. The average Bonchev–Trinajstić information content (AvgIpc) is 3.81. The molecule has 2 bridgehead atoms.